The fourth-order valence-corrected chi connectivity index (χ4v) is 3.18. The molecule has 1 fully saturated rings. The highest BCUT2D eigenvalue weighted by molar-refractivity contribution is 9.10. The standard InChI is InChI=1S/C16H15BrN2O3/c1-9-6-13(12-3-2-11(17)7-14(12)18-9)15(20)19-5-4-10(8-19)16(21)22/h2-3,6-7,10H,4-5,8H2,1H3,(H,21,22). The van der Waals surface area contributed by atoms with E-state index < -0.39 is 11.9 Å². The summed E-state index contributed by atoms with van der Waals surface area (Å²) in [5.74, 6) is -1.43. The van der Waals surface area contributed by atoms with Gasteiger partial charge in [-0.3, -0.25) is 14.6 Å². The van der Waals surface area contributed by atoms with Gasteiger partial charge in [0.05, 0.1) is 17.0 Å². The highest BCUT2D eigenvalue weighted by Gasteiger charge is 2.31. The van der Waals surface area contributed by atoms with Gasteiger partial charge in [0.2, 0.25) is 0 Å². The molecule has 1 saturated heterocycles. The number of pyridine rings is 1. The van der Waals surface area contributed by atoms with E-state index in [2.05, 4.69) is 20.9 Å². The lowest BCUT2D eigenvalue weighted by molar-refractivity contribution is -0.141. The number of hydrogen-bond acceptors (Lipinski definition) is 3. The number of carboxylic acids is 1. The van der Waals surface area contributed by atoms with Gasteiger partial charge in [0.25, 0.3) is 5.91 Å². The summed E-state index contributed by atoms with van der Waals surface area (Å²) in [7, 11) is 0. The first-order valence-electron chi connectivity index (χ1n) is 7.04. The molecule has 0 spiro atoms. The number of amides is 1. The second kappa shape index (κ2) is 5.68. The molecule has 6 heteroatoms. The highest BCUT2D eigenvalue weighted by atomic mass is 79.9. The summed E-state index contributed by atoms with van der Waals surface area (Å²) in [6.45, 7) is 2.60. The fraction of sp³-hybridized carbons (Fsp3) is 0.312. The monoisotopic (exact) mass is 362 g/mol. The summed E-state index contributed by atoms with van der Waals surface area (Å²) in [4.78, 5) is 29.9. The molecule has 1 aromatic carbocycles. The molecule has 1 unspecified atom stereocenters. The van der Waals surface area contributed by atoms with Crippen LogP contribution in [-0.2, 0) is 4.79 Å². The van der Waals surface area contributed by atoms with Crippen LogP contribution >= 0.6 is 15.9 Å². The Balaban J connectivity index is 1.99. The fourth-order valence-electron chi connectivity index (χ4n) is 2.83. The van der Waals surface area contributed by atoms with Crippen molar-refractivity contribution in [1.82, 2.24) is 9.88 Å². The Kier molecular flexibility index (Phi) is 3.87. The summed E-state index contributed by atoms with van der Waals surface area (Å²) in [5, 5.41) is 9.87. The number of aromatic nitrogens is 1. The van der Waals surface area contributed by atoms with Crippen LogP contribution in [0.4, 0.5) is 0 Å². The first-order valence-corrected chi connectivity index (χ1v) is 7.84. The average molecular weight is 363 g/mol. The van der Waals surface area contributed by atoms with Crippen molar-refractivity contribution in [1.29, 1.82) is 0 Å². The van der Waals surface area contributed by atoms with Crippen LogP contribution in [0.15, 0.2) is 28.7 Å². The summed E-state index contributed by atoms with van der Waals surface area (Å²) in [6.07, 6.45) is 0.509. The van der Waals surface area contributed by atoms with Crippen molar-refractivity contribution in [3.05, 3.63) is 40.0 Å². The van der Waals surface area contributed by atoms with E-state index in [0.29, 0.717) is 18.5 Å². The molecule has 5 nitrogen and oxygen atoms in total. The van der Waals surface area contributed by atoms with Crippen LogP contribution in [0, 0.1) is 12.8 Å². The summed E-state index contributed by atoms with van der Waals surface area (Å²) in [6, 6.07) is 7.39. The van der Waals surface area contributed by atoms with Gasteiger partial charge >= 0.3 is 5.97 Å². The third-order valence-corrected chi connectivity index (χ3v) is 4.45. The lowest BCUT2D eigenvalue weighted by atomic mass is 10.1. The van der Waals surface area contributed by atoms with Crippen molar-refractivity contribution in [3.63, 3.8) is 0 Å². The van der Waals surface area contributed by atoms with Crippen molar-refractivity contribution in [3.8, 4) is 0 Å². The number of rotatable bonds is 2. The first kappa shape index (κ1) is 15.0. The Labute approximate surface area is 136 Å². The molecule has 2 heterocycles. The molecular weight excluding hydrogens is 348 g/mol. The quantitative estimate of drug-likeness (QED) is 0.891. The van der Waals surface area contributed by atoms with Gasteiger partial charge in [-0.1, -0.05) is 22.0 Å². The number of carboxylic acid groups (broad SMARTS) is 1. The number of halogens is 1. The molecule has 1 amide bonds. The van der Waals surface area contributed by atoms with Crippen LogP contribution < -0.4 is 0 Å². The molecule has 0 bridgehead atoms. The molecule has 114 valence electrons. The summed E-state index contributed by atoms with van der Waals surface area (Å²) < 4.78 is 0.906. The predicted molar refractivity (Wildman–Crippen MR) is 85.8 cm³/mol. The molecule has 0 aliphatic carbocycles. The smallest absolute Gasteiger partial charge is 0.308 e. The number of nitrogens with zero attached hydrogens (tertiary/aromatic N) is 2. The van der Waals surface area contributed by atoms with Gasteiger partial charge in [-0.2, -0.15) is 0 Å². The Morgan fingerprint density at radius 3 is 2.82 bits per heavy atom. The van der Waals surface area contributed by atoms with E-state index in [1.807, 2.05) is 25.1 Å². The highest BCUT2D eigenvalue weighted by Crippen LogP contribution is 2.26. The number of fused-ring (bicyclic) bond motifs is 1. The number of aliphatic carboxylic acids is 1. The lowest BCUT2D eigenvalue weighted by Gasteiger charge is -2.17. The van der Waals surface area contributed by atoms with Gasteiger partial charge in [-0.05, 0) is 31.5 Å². The van der Waals surface area contributed by atoms with Gasteiger partial charge < -0.3 is 10.0 Å². The molecule has 22 heavy (non-hydrogen) atoms. The number of likely N-dealkylation sites (tertiary alicyclic amines) is 1. The third-order valence-electron chi connectivity index (χ3n) is 3.96. The minimum Gasteiger partial charge on any atom is -0.481 e. The zero-order valence-corrected chi connectivity index (χ0v) is 13.6. The summed E-state index contributed by atoms with van der Waals surface area (Å²) in [5.41, 5.74) is 2.11. The SMILES string of the molecule is Cc1cc(C(=O)N2CCC(C(=O)O)C2)c2ccc(Br)cc2n1. The van der Waals surface area contributed by atoms with Gasteiger partial charge in [0.15, 0.2) is 0 Å². The minimum atomic E-state index is -0.838. The number of hydrogen-bond donors (Lipinski definition) is 1. The van der Waals surface area contributed by atoms with Gasteiger partial charge in [0.1, 0.15) is 0 Å². The third kappa shape index (κ3) is 2.70. The van der Waals surface area contributed by atoms with Crippen molar-refractivity contribution in [2.24, 2.45) is 5.92 Å². The second-order valence-corrected chi connectivity index (χ2v) is 6.46. The Bertz CT molecular complexity index is 770. The van der Waals surface area contributed by atoms with E-state index in [1.54, 1.807) is 11.0 Å². The van der Waals surface area contributed by atoms with E-state index >= 15 is 0 Å². The maximum Gasteiger partial charge on any atom is 0.308 e. The number of benzene rings is 1. The molecule has 1 aliphatic rings. The van der Waals surface area contributed by atoms with E-state index in [1.165, 1.54) is 0 Å². The maximum atomic E-state index is 12.8. The summed E-state index contributed by atoms with van der Waals surface area (Å²) >= 11 is 3.41. The molecule has 0 saturated carbocycles. The molecule has 1 aliphatic heterocycles. The first-order chi connectivity index (χ1) is 10.5. The van der Waals surface area contributed by atoms with Gasteiger partial charge in [-0.25, -0.2) is 0 Å². The molecule has 3 rings (SSSR count). The van der Waals surface area contributed by atoms with Crippen molar-refractivity contribution < 1.29 is 14.7 Å². The van der Waals surface area contributed by atoms with Crippen LogP contribution in [0.3, 0.4) is 0 Å². The zero-order chi connectivity index (χ0) is 15.9. The predicted octanol–water partition coefficient (Wildman–Crippen LogP) is 2.85. The van der Waals surface area contributed by atoms with Crippen LogP contribution in [0.1, 0.15) is 22.5 Å². The molecular formula is C16H15BrN2O3. The molecule has 1 aromatic heterocycles. The molecule has 2 aromatic rings. The van der Waals surface area contributed by atoms with Gasteiger partial charge in [-0.15, -0.1) is 0 Å². The number of aryl methyl sites for hydroxylation is 1. The Morgan fingerprint density at radius 1 is 1.36 bits per heavy atom. The molecule has 0 radical (unpaired) electrons. The molecule has 1 atom stereocenters. The van der Waals surface area contributed by atoms with Crippen LogP contribution in [0.2, 0.25) is 0 Å². The lowest BCUT2D eigenvalue weighted by Crippen LogP contribution is -2.30. The van der Waals surface area contributed by atoms with E-state index in [-0.39, 0.29) is 12.5 Å². The second-order valence-electron chi connectivity index (χ2n) is 5.55. The average Bonchev–Trinajstić information content (AvgIpc) is 2.95. The topological polar surface area (TPSA) is 70.5 Å². The van der Waals surface area contributed by atoms with Crippen molar-refractivity contribution in [2.45, 2.75) is 13.3 Å². The maximum absolute atomic E-state index is 12.8. The normalized spacial score (nSPS) is 17.9. The number of carbonyl (C=O) groups excluding carboxylic acids is 1. The number of carbonyl (C=O) groups is 2. The largest absolute Gasteiger partial charge is 0.481 e. The van der Waals surface area contributed by atoms with Crippen LogP contribution in [0.5, 0.6) is 0 Å². The van der Waals surface area contributed by atoms with Crippen LogP contribution in [0.25, 0.3) is 10.9 Å². The van der Waals surface area contributed by atoms with E-state index in [4.69, 9.17) is 5.11 Å². The van der Waals surface area contributed by atoms with Gasteiger partial charge in [0, 0.05) is 28.6 Å². The minimum absolute atomic E-state index is 0.124. The van der Waals surface area contributed by atoms with E-state index in [0.717, 1.165) is 21.1 Å². The molecule has 1 N–H and O–H groups in total. The van der Waals surface area contributed by atoms with Crippen molar-refractivity contribution in [2.75, 3.05) is 13.1 Å². The van der Waals surface area contributed by atoms with Crippen molar-refractivity contribution >= 4 is 38.7 Å². The van der Waals surface area contributed by atoms with Crippen LogP contribution in [-0.4, -0.2) is 40.0 Å². The van der Waals surface area contributed by atoms with E-state index in [9.17, 15) is 9.59 Å². The Hall–Kier alpha value is -1.95. The zero-order valence-electron chi connectivity index (χ0n) is 12.0. The Morgan fingerprint density at radius 2 is 2.14 bits per heavy atom.